The Morgan fingerprint density at radius 3 is 1.58 bits per heavy atom. The van der Waals surface area contributed by atoms with Crippen LogP contribution >= 0.6 is 11.3 Å². The lowest BCUT2D eigenvalue weighted by atomic mass is 9.97. The van der Waals surface area contributed by atoms with Crippen molar-refractivity contribution in [1.82, 2.24) is 19.5 Å². The minimum atomic E-state index is 0.568. The molecule has 0 amide bonds. The van der Waals surface area contributed by atoms with E-state index in [4.69, 9.17) is 19.4 Å². The molecule has 12 rings (SSSR count). The van der Waals surface area contributed by atoms with Crippen molar-refractivity contribution in [3.63, 3.8) is 0 Å². The maximum absolute atomic E-state index is 6.81. The summed E-state index contributed by atoms with van der Waals surface area (Å²) in [5.41, 5.74) is 10.2. The van der Waals surface area contributed by atoms with E-state index in [1.165, 1.54) is 53.2 Å². The molecule has 12 aromatic rings. The number of fused-ring (bicyclic) bond motifs is 9. The Labute approximate surface area is 330 Å². The molecule has 0 saturated heterocycles. The van der Waals surface area contributed by atoms with E-state index >= 15 is 0 Å². The molecule has 0 radical (unpaired) electrons. The summed E-state index contributed by atoms with van der Waals surface area (Å²) in [5, 5.41) is 7.10. The highest BCUT2D eigenvalue weighted by atomic mass is 32.1. The van der Waals surface area contributed by atoms with E-state index in [1.807, 2.05) is 78.1 Å². The van der Waals surface area contributed by atoms with Crippen molar-refractivity contribution in [1.29, 1.82) is 0 Å². The molecule has 0 unspecified atom stereocenters. The zero-order valence-corrected chi connectivity index (χ0v) is 31.2. The SMILES string of the molecule is c1ccc(-c2nc(-c3ccccc3)nc(-c3cccc4c3oc3cccc(-c5cccc6c5sc5c(-n7c8ccccc8c8ccccc87)cccc56)c34)n2)cc1. The second-order valence-electron chi connectivity index (χ2n) is 14.3. The molecule has 0 atom stereocenters. The Bertz CT molecular complexity index is 3420. The molecular weight excluding hydrogens is 717 g/mol. The number of aromatic nitrogens is 4. The van der Waals surface area contributed by atoms with Gasteiger partial charge < -0.3 is 8.98 Å². The van der Waals surface area contributed by atoms with Crippen LogP contribution in [0.15, 0.2) is 186 Å². The normalized spacial score (nSPS) is 11.9. The summed E-state index contributed by atoms with van der Waals surface area (Å²) in [6.07, 6.45) is 0. The van der Waals surface area contributed by atoms with Gasteiger partial charge in [0.05, 0.1) is 27.0 Å². The third-order valence-corrected chi connectivity index (χ3v) is 12.4. The minimum absolute atomic E-state index is 0.568. The summed E-state index contributed by atoms with van der Waals surface area (Å²) in [7, 11) is 0. The van der Waals surface area contributed by atoms with Crippen molar-refractivity contribution in [2.45, 2.75) is 0 Å². The largest absolute Gasteiger partial charge is 0.455 e. The van der Waals surface area contributed by atoms with E-state index in [0.717, 1.165) is 44.2 Å². The first-order valence-corrected chi connectivity index (χ1v) is 19.8. The monoisotopic (exact) mass is 746 g/mol. The van der Waals surface area contributed by atoms with E-state index in [2.05, 4.69) is 120 Å². The molecule has 0 N–H and O–H groups in total. The maximum atomic E-state index is 6.81. The lowest BCUT2D eigenvalue weighted by Gasteiger charge is -2.09. The van der Waals surface area contributed by atoms with Gasteiger partial charge in [-0.15, -0.1) is 11.3 Å². The van der Waals surface area contributed by atoms with Crippen LogP contribution in [-0.4, -0.2) is 19.5 Å². The predicted molar refractivity (Wildman–Crippen MR) is 236 cm³/mol. The van der Waals surface area contributed by atoms with Crippen molar-refractivity contribution in [3.05, 3.63) is 182 Å². The standard InChI is InChI=1S/C51H30N4OS/c1-3-15-31(16-4-1)49-52-50(32-17-5-2-6-18-32)54-51(53-49)40-26-12-25-39-45-35(21-14-30-44(45)56-46(39)40)36-22-11-23-37-38-24-13-29-43(48(38)57-47(36)37)55-41-27-9-7-19-33(41)34-20-8-10-28-42(34)55/h1-30H. The molecule has 0 bridgehead atoms. The molecule has 57 heavy (non-hydrogen) atoms. The molecule has 5 nitrogen and oxygen atoms in total. The van der Waals surface area contributed by atoms with E-state index < -0.39 is 0 Å². The number of hydrogen-bond acceptors (Lipinski definition) is 5. The van der Waals surface area contributed by atoms with Gasteiger partial charge in [0.25, 0.3) is 0 Å². The quantitative estimate of drug-likeness (QED) is 0.176. The van der Waals surface area contributed by atoms with Gasteiger partial charge in [-0.3, -0.25) is 0 Å². The summed E-state index contributed by atoms with van der Waals surface area (Å²) < 4.78 is 11.8. The molecule has 266 valence electrons. The number of para-hydroxylation sites is 3. The maximum Gasteiger partial charge on any atom is 0.167 e. The van der Waals surface area contributed by atoms with Crippen molar-refractivity contribution in [2.75, 3.05) is 0 Å². The predicted octanol–water partition coefficient (Wildman–Crippen LogP) is 13.9. The van der Waals surface area contributed by atoms with Crippen LogP contribution in [-0.2, 0) is 0 Å². The molecule has 0 aliphatic carbocycles. The van der Waals surface area contributed by atoms with E-state index in [-0.39, 0.29) is 0 Å². The van der Waals surface area contributed by atoms with E-state index in [1.54, 1.807) is 0 Å². The first-order valence-electron chi connectivity index (χ1n) is 19.0. The average Bonchev–Trinajstić information content (AvgIpc) is 3.97. The van der Waals surface area contributed by atoms with Crippen LogP contribution in [0.5, 0.6) is 0 Å². The number of thiophene rings is 1. The molecule has 0 saturated carbocycles. The number of benzene rings is 8. The number of furan rings is 1. The molecule has 0 fully saturated rings. The van der Waals surface area contributed by atoms with Crippen LogP contribution in [0.25, 0.3) is 115 Å². The van der Waals surface area contributed by atoms with Crippen molar-refractivity contribution < 1.29 is 4.42 Å². The van der Waals surface area contributed by atoms with Crippen LogP contribution in [0, 0.1) is 0 Å². The Kier molecular flexibility index (Phi) is 7.03. The zero-order chi connectivity index (χ0) is 37.5. The van der Waals surface area contributed by atoms with Gasteiger partial charge in [0, 0.05) is 53.7 Å². The third kappa shape index (κ3) is 4.91. The molecule has 0 aliphatic rings. The minimum Gasteiger partial charge on any atom is -0.455 e. The molecule has 4 aromatic heterocycles. The lowest BCUT2D eigenvalue weighted by Crippen LogP contribution is -2.00. The van der Waals surface area contributed by atoms with Gasteiger partial charge in [0.2, 0.25) is 0 Å². The van der Waals surface area contributed by atoms with E-state index in [9.17, 15) is 0 Å². The number of rotatable bonds is 5. The van der Waals surface area contributed by atoms with Crippen molar-refractivity contribution in [3.8, 4) is 51.0 Å². The Hall–Kier alpha value is -7.41. The van der Waals surface area contributed by atoms with Gasteiger partial charge in [-0.05, 0) is 35.9 Å². The van der Waals surface area contributed by atoms with Gasteiger partial charge in [-0.25, -0.2) is 15.0 Å². The van der Waals surface area contributed by atoms with Gasteiger partial charge in [-0.1, -0.05) is 152 Å². The van der Waals surface area contributed by atoms with Crippen LogP contribution in [0.3, 0.4) is 0 Å². The van der Waals surface area contributed by atoms with Crippen molar-refractivity contribution in [2.24, 2.45) is 0 Å². The highest BCUT2D eigenvalue weighted by molar-refractivity contribution is 7.26. The zero-order valence-electron chi connectivity index (χ0n) is 30.4. The van der Waals surface area contributed by atoms with Crippen LogP contribution in [0.2, 0.25) is 0 Å². The fourth-order valence-corrected chi connectivity index (χ4v) is 9.88. The lowest BCUT2D eigenvalue weighted by molar-refractivity contribution is 0.669. The Balaban J connectivity index is 1.07. The second-order valence-corrected chi connectivity index (χ2v) is 15.3. The van der Waals surface area contributed by atoms with Gasteiger partial charge in [0.1, 0.15) is 11.2 Å². The first kappa shape index (κ1) is 31.9. The van der Waals surface area contributed by atoms with Crippen LogP contribution in [0.4, 0.5) is 0 Å². The summed E-state index contributed by atoms with van der Waals surface area (Å²) in [6, 6.07) is 63.6. The fourth-order valence-electron chi connectivity index (χ4n) is 8.55. The molecule has 0 spiro atoms. The second kappa shape index (κ2) is 12.6. The molecular formula is C51H30N4OS. The Morgan fingerprint density at radius 2 is 0.895 bits per heavy atom. The molecule has 8 aromatic carbocycles. The smallest absolute Gasteiger partial charge is 0.167 e. The third-order valence-electron chi connectivity index (χ3n) is 11.1. The average molecular weight is 747 g/mol. The van der Waals surface area contributed by atoms with Gasteiger partial charge in [-0.2, -0.15) is 0 Å². The van der Waals surface area contributed by atoms with Gasteiger partial charge >= 0.3 is 0 Å². The summed E-state index contributed by atoms with van der Waals surface area (Å²) in [4.78, 5) is 15.0. The molecule has 4 heterocycles. The van der Waals surface area contributed by atoms with E-state index in [0.29, 0.717) is 17.5 Å². The van der Waals surface area contributed by atoms with Crippen LogP contribution < -0.4 is 0 Å². The number of nitrogens with zero attached hydrogens (tertiary/aromatic N) is 4. The molecule has 0 aliphatic heterocycles. The summed E-state index contributed by atoms with van der Waals surface area (Å²) in [6.45, 7) is 0. The summed E-state index contributed by atoms with van der Waals surface area (Å²) in [5.74, 6) is 1.80. The highest BCUT2D eigenvalue weighted by Crippen LogP contribution is 2.47. The van der Waals surface area contributed by atoms with Crippen molar-refractivity contribution >= 4 is 75.3 Å². The Morgan fingerprint density at radius 1 is 0.386 bits per heavy atom. The topological polar surface area (TPSA) is 56.7 Å². The van der Waals surface area contributed by atoms with Gasteiger partial charge in [0.15, 0.2) is 17.5 Å². The highest BCUT2D eigenvalue weighted by Gasteiger charge is 2.22. The fraction of sp³-hybridized carbons (Fsp3) is 0. The summed E-state index contributed by atoms with van der Waals surface area (Å²) >= 11 is 1.86. The molecule has 6 heteroatoms. The first-order chi connectivity index (χ1) is 28.3. The van der Waals surface area contributed by atoms with Crippen LogP contribution in [0.1, 0.15) is 0 Å². The number of hydrogen-bond donors (Lipinski definition) is 0.